The SMILES string of the molecule is O=S1CCCc2c(Br)ccc(C(F)(F)F)c21. The van der Waals surface area contributed by atoms with E-state index in [4.69, 9.17) is 0 Å². The molecule has 1 heterocycles. The Morgan fingerprint density at radius 1 is 1.31 bits per heavy atom. The van der Waals surface area contributed by atoms with Gasteiger partial charge in [0, 0.05) is 10.2 Å². The standard InChI is InChI=1S/C10H8BrF3OS/c11-8-4-3-7(10(12,13)14)9-6(8)2-1-5-16(9)15/h3-4H,1-2,5H2. The summed E-state index contributed by atoms with van der Waals surface area (Å²) in [7, 11) is -1.53. The summed E-state index contributed by atoms with van der Waals surface area (Å²) in [4.78, 5) is -0.0341. The van der Waals surface area contributed by atoms with Crippen LogP contribution in [0.15, 0.2) is 21.5 Å². The maximum Gasteiger partial charge on any atom is 0.417 e. The van der Waals surface area contributed by atoms with E-state index < -0.39 is 22.5 Å². The van der Waals surface area contributed by atoms with E-state index in [9.17, 15) is 17.4 Å². The summed E-state index contributed by atoms with van der Waals surface area (Å²) in [6, 6.07) is 2.37. The van der Waals surface area contributed by atoms with Gasteiger partial charge >= 0.3 is 6.18 Å². The molecule has 1 aromatic carbocycles. The van der Waals surface area contributed by atoms with E-state index in [0.29, 0.717) is 28.6 Å². The molecule has 1 aromatic rings. The van der Waals surface area contributed by atoms with Gasteiger partial charge in [-0.05, 0) is 30.5 Å². The van der Waals surface area contributed by atoms with Crippen molar-refractivity contribution in [3.05, 3.63) is 27.7 Å². The lowest BCUT2D eigenvalue weighted by atomic mass is 10.1. The maximum absolute atomic E-state index is 12.7. The molecule has 0 radical (unpaired) electrons. The molecule has 16 heavy (non-hydrogen) atoms. The summed E-state index contributed by atoms with van der Waals surface area (Å²) in [6.07, 6.45) is -3.22. The summed E-state index contributed by atoms with van der Waals surface area (Å²) < 4.78 is 50.5. The van der Waals surface area contributed by atoms with E-state index in [-0.39, 0.29) is 4.90 Å². The van der Waals surface area contributed by atoms with Gasteiger partial charge in [-0.15, -0.1) is 0 Å². The quantitative estimate of drug-likeness (QED) is 0.716. The van der Waals surface area contributed by atoms with Crippen LogP contribution in [-0.2, 0) is 23.4 Å². The third-order valence-electron chi connectivity index (χ3n) is 2.49. The highest BCUT2D eigenvalue weighted by Gasteiger charge is 2.37. The molecule has 1 atom stereocenters. The molecule has 88 valence electrons. The van der Waals surface area contributed by atoms with Gasteiger partial charge in [0.05, 0.1) is 21.3 Å². The van der Waals surface area contributed by atoms with Crippen LogP contribution < -0.4 is 0 Å². The minimum Gasteiger partial charge on any atom is -0.254 e. The predicted molar refractivity (Wildman–Crippen MR) is 58.7 cm³/mol. The largest absolute Gasteiger partial charge is 0.417 e. The number of hydrogen-bond acceptors (Lipinski definition) is 1. The molecule has 2 rings (SSSR count). The predicted octanol–water partition coefficient (Wildman–Crippen LogP) is 3.52. The van der Waals surface area contributed by atoms with Gasteiger partial charge in [-0.3, -0.25) is 4.21 Å². The van der Waals surface area contributed by atoms with E-state index >= 15 is 0 Å². The minimum absolute atomic E-state index is 0.0341. The highest BCUT2D eigenvalue weighted by molar-refractivity contribution is 9.10. The van der Waals surface area contributed by atoms with Crippen LogP contribution >= 0.6 is 15.9 Å². The fourth-order valence-electron chi connectivity index (χ4n) is 1.80. The molecular formula is C10H8BrF3OS. The van der Waals surface area contributed by atoms with Gasteiger partial charge in [0.15, 0.2) is 0 Å². The summed E-state index contributed by atoms with van der Waals surface area (Å²) in [5, 5.41) is 0. The van der Waals surface area contributed by atoms with E-state index in [1.807, 2.05) is 0 Å². The Morgan fingerprint density at radius 3 is 2.62 bits per heavy atom. The molecule has 1 aliphatic heterocycles. The topological polar surface area (TPSA) is 17.1 Å². The summed E-state index contributed by atoms with van der Waals surface area (Å²) in [6.45, 7) is 0. The number of alkyl halides is 3. The average Bonchev–Trinajstić information content (AvgIpc) is 2.18. The van der Waals surface area contributed by atoms with Crippen LogP contribution in [0.5, 0.6) is 0 Å². The van der Waals surface area contributed by atoms with Crippen LogP contribution in [0.4, 0.5) is 13.2 Å². The number of halogens is 4. The highest BCUT2D eigenvalue weighted by Crippen LogP contribution is 2.39. The fourth-order valence-corrected chi connectivity index (χ4v) is 3.99. The van der Waals surface area contributed by atoms with Crippen LogP contribution in [0.25, 0.3) is 0 Å². The van der Waals surface area contributed by atoms with Crippen molar-refractivity contribution in [2.75, 3.05) is 5.75 Å². The fraction of sp³-hybridized carbons (Fsp3) is 0.400. The Kier molecular flexibility index (Phi) is 3.13. The number of benzene rings is 1. The molecule has 0 fully saturated rings. The molecule has 0 aromatic heterocycles. The van der Waals surface area contributed by atoms with Gasteiger partial charge in [0.25, 0.3) is 0 Å². The van der Waals surface area contributed by atoms with Gasteiger partial charge in [-0.2, -0.15) is 13.2 Å². The summed E-state index contributed by atoms with van der Waals surface area (Å²) >= 11 is 3.21. The minimum atomic E-state index is -4.43. The Labute approximate surface area is 102 Å². The Balaban J connectivity index is 2.69. The molecule has 6 heteroatoms. The Hall–Kier alpha value is -0.360. The molecule has 0 aliphatic carbocycles. The third kappa shape index (κ3) is 2.05. The molecule has 1 aliphatic rings. The molecule has 0 spiro atoms. The second-order valence-corrected chi connectivity index (χ2v) is 5.92. The molecule has 1 unspecified atom stereocenters. The molecule has 0 bridgehead atoms. The van der Waals surface area contributed by atoms with Crippen molar-refractivity contribution in [1.29, 1.82) is 0 Å². The van der Waals surface area contributed by atoms with Crippen LogP contribution in [0.2, 0.25) is 0 Å². The van der Waals surface area contributed by atoms with E-state index in [1.165, 1.54) is 6.07 Å². The molecule has 0 saturated carbocycles. The van der Waals surface area contributed by atoms with Crippen LogP contribution in [0.1, 0.15) is 17.5 Å². The first-order valence-electron chi connectivity index (χ1n) is 4.68. The molecule has 0 saturated heterocycles. The monoisotopic (exact) mass is 312 g/mol. The number of fused-ring (bicyclic) bond motifs is 1. The molecular weight excluding hydrogens is 305 g/mol. The lowest BCUT2D eigenvalue weighted by Gasteiger charge is -2.21. The first-order chi connectivity index (χ1) is 7.41. The molecule has 0 amide bonds. The zero-order valence-electron chi connectivity index (χ0n) is 8.10. The second-order valence-electron chi connectivity index (χ2n) is 3.55. The third-order valence-corrected chi connectivity index (χ3v) is 4.82. The lowest BCUT2D eigenvalue weighted by Crippen LogP contribution is -2.18. The zero-order chi connectivity index (χ0) is 11.9. The van der Waals surface area contributed by atoms with Crippen molar-refractivity contribution in [2.24, 2.45) is 0 Å². The first kappa shape index (κ1) is 12.1. The van der Waals surface area contributed by atoms with E-state index in [1.54, 1.807) is 0 Å². The van der Waals surface area contributed by atoms with Crippen LogP contribution in [-0.4, -0.2) is 9.96 Å². The average molecular weight is 313 g/mol. The maximum atomic E-state index is 12.7. The van der Waals surface area contributed by atoms with Crippen molar-refractivity contribution in [3.63, 3.8) is 0 Å². The van der Waals surface area contributed by atoms with E-state index in [0.717, 1.165) is 6.07 Å². The van der Waals surface area contributed by atoms with Gasteiger partial charge in [0.2, 0.25) is 0 Å². The normalized spacial score (nSPS) is 20.6. The molecule has 0 N–H and O–H groups in total. The Bertz CT molecular complexity index is 456. The Morgan fingerprint density at radius 2 is 2.00 bits per heavy atom. The summed E-state index contributed by atoms with van der Waals surface area (Å²) in [5.74, 6) is 0.312. The smallest absolute Gasteiger partial charge is 0.254 e. The van der Waals surface area contributed by atoms with Crippen molar-refractivity contribution in [3.8, 4) is 0 Å². The van der Waals surface area contributed by atoms with Crippen LogP contribution in [0, 0.1) is 0 Å². The first-order valence-corrected chi connectivity index (χ1v) is 6.79. The number of hydrogen-bond donors (Lipinski definition) is 0. The van der Waals surface area contributed by atoms with Gasteiger partial charge in [-0.1, -0.05) is 15.9 Å². The van der Waals surface area contributed by atoms with Gasteiger partial charge in [0.1, 0.15) is 0 Å². The van der Waals surface area contributed by atoms with E-state index in [2.05, 4.69) is 15.9 Å². The molecule has 1 nitrogen and oxygen atoms in total. The van der Waals surface area contributed by atoms with Gasteiger partial charge in [-0.25, -0.2) is 0 Å². The number of rotatable bonds is 0. The van der Waals surface area contributed by atoms with Crippen molar-refractivity contribution < 1.29 is 17.4 Å². The van der Waals surface area contributed by atoms with Crippen molar-refractivity contribution in [2.45, 2.75) is 23.9 Å². The summed E-state index contributed by atoms with van der Waals surface area (Å²) in [5.41, 5.74) is -0.219. The van der Waals surface area contributed by atoms with Crippen LogP contribution in [0.3, 0.4) is 0 Å². The van der Waals surface area contributed by atoms with Crippen molar-refractivity contribution >= 4 is 26.7 Å². The zero-order valence-corrected chi connectivity index (χ0v) is 10.5. The highest BCUT2D eigenvalue weighted by atomic mass is 79.9. The second kappa shape index (κ2) is 4.14. The lowest BCUT2D eigenvalue weighted by molar-refractivity contribution is -0.139. The van der Waals surface area contributed by atoms with Crippen molar-refractivity contribution in [1.82, 2.24) is 0 Å². The van der Waals surface area contributed by atoms with Gasteiger partial charge < -0.3 is 0 Å².